The molecule has 2 rings (SSSR count). The SMILES string of the molecule is CC(=O)CCc1ccc(OC2OC(CO)C(O)C(O)C2O)c(O)c1. The number of benzene rings is 1. The molecule has 1 saturated heterocycles. The molecule has 1 heterocycles. The number of aryl methyl sites for hydroxylation is 1. The van der Waals surface area contributed by atoms with Gasteiger partial charge < -0.3 is 39.8 Å². The number of aliphatic hydroxyl groups is 4. The Morgan fingerprint density at radius 1 is 1.21 bits per heavy atom. The summed E-state index contributed by atoms with van der Waals surface area (Å²) < 4.78 is 10.6. The van der Waals surface area contributed by atoms with E-state index in [-0.39, 0.29) is 17.3 Å². The van der Waals surface area contributed by atoms with Crippen LogP contribution in [0, 0.1) is 0 Å². The quantitative estimate of drug-likeness (QED) is 0.448. The summed E-state index contributed by atoms with van der Waals surface area (Å²) in [6.45, 7) is 0.914. The molecule has 1 aromatic carbocycles. The first kappa shape index (κ1) is 18.6. The molecule has 8 nitrogen and oxygen atoms in total. The lowest BCUT2D eigenvalue weighted by Crippen LogP contribution is -2.60. The number of aromatic hydroxyl groups is 1. The second-order valence-electron chi connectivity index (χ2n) is 5.82. The number of phenolic OH excluding ortho intramolecular Hbond substituents is 1. The van der Waals surface area contributed by atoms with Gasteiger partial charge in [0.2, 0.25) is 6.29 Å². The van der Waals surface area contributed by atoms with Gasteiger partial charge in [0.25, 0.3) is 0 Å². The van der Waals surface area contributed by atoms with Crippen molar-refractivity contribution in [2.75, 3.05) is 6.61 Å². The molecule has 1 fully saturated rings. The second-order valence-corrected chi connectivity index (χ2v) is 5.82. The summed E-state index contributed by atoms with van der Waals surface area (Å²) in [7, 11) is 0. The Morgan fingerprint density at radius 2 is 1.92 bits per heavy atom. The van der Waals surface area contributed by atoms with Gasteiger partial charge >= 0.3 is 0 Å². The highest BCUT2D eigenvalue weighted by Gasteiger charge is 2.44. The molecule has 0 radical (unpaired) electrons. The first-order valence-electron chi connectivity index (χ1n) is 7.62. The van der Waals surface area contributed by atoms with E-state index >= 15 is 0 Å². The van der Waals surface area contributed by atoms with Gasteiger partial charge in [-0.25, -0.2) is 0 Å². The molecule has 5 N–H and O–H groups in total. The standard InChI is InChI=1S/C16H22O8/c1-8(18)2-3-9-4-5-11(10(19)6-9)23-16-15(22)14(21)13(20)12(7-17)24-16/h4-6,12-17,19-22H,2-3,7H2,1H3. The molecule has 0 amide bonds. The van der Waals surface area contributed by atoms with Crippen LogP contribution in [0.5, 0.6) is 11.5 Å². The maximum atomic E-state index is 11.0. The van der Waals surface area contributed by atoms with E-state index in [0.29, 0.717) is 12.8 Å². The molecule has 24 heavy (non-hydrogen) atoms. The molecule has 5 unspecified atom stereocenters. The van der Waals surface area contributed by atoms with Crippen LogP contribution in [-0.2, 0) is 16.0 Å². The minimum Gasteiger partial charge on any atom is -0.504 e. The summed E-state index contributed by atoms with van der Waals surface area (Å²) in [5.74, 6) is -0.171. The Labute approximate surface area is 138 Å². The minimum absolute atomic E-state index is 0.00547. The Bertz CT molecular complexity index is 573. The topological polar surface area (TPSA) is 137 Å². The van der Waals surface area contributed by atoms with Crippen LogP contribution in [0.15, 0.2) is 18.2 Å². The van der Waals surface area contributed by atoms with Gasteiger partial charge in [-0.1, -0.05) is 6.07 Å². The van der Waals surface area contributed by atoms with Crippen LogP contribution < -0.4 is 4.74 Å². The first-order valence-corrected chi connectivity index (χ1v) is 7.62. The molecule has 0 spiro atoms. The van der Waals surface area contributed by atoms with Crippen molar-refractivity contribution in [3.8, 4) is 11.5 Å². The number of aliphatic hydroxyl groups excluding tert-OH is 4. The monoisotopic (exact) mass is 342 g/mol. The van der Waals surface area contributed by atoms with E-state index in [9.17, 15) is 25.2 Å². The summed E-state index contributed by atoms with van der Waals surface area (Å²) in [5.41, 5.74) is 0.740. The summed E-state index contributed by atoms with van der Waals surface area (Å²) in [4.78, 5) is 11.0. The van der Waals surface area contributed by atoms with Gasteiger partial charge in [0, 0.05) is 6.42 Å². The molecule has 134 valence electrons. The third kappa shape index (κ3) is 4.22. The highest BCUT2D eigenvalue weighted by atomic mass is 16.7. The van der Waals surface area contributed by atoms with Gasteiger partial charge in [0.1, 0.15) is 30.2 Å². The predicted molar refractivity (Wildman–Crippen MR) is 81.5 cm³/mol. The zero-order valence-electron chi connectivity index (χ0n) is 13.2. The fraction of sp³-hybridized carbons (Fsp3) is 0.562. The van der Waals surface area contributed by atoms with Crippen LogP contribution in [-0.4, -0.2) is 68.6 Å². The van der Waals surface area contributed by atoms with E-state index in [1.807, 2.05) is 0 Å². The summed E-state index contributed by atoms with van der Waals surface area (Å²) in [5, 5.41) is 48.5. The number of carbonyl (C=O) groups is 1. The van der Waals surface area contributed by atoms with Crippen molar-refractivity contribution in [1.29, 1.82) is 0 Å². The van der Waals surface area contributed by atoms with Gasteiger partial charge in [-0.05, 0) is 31.0 Å². The summed E-state index contributed by atoms with van der Waals surface area (Å²) >= 11 is 0. The van der Waals surface area contributed by atoms with E-state index in [2.05, 4.69) is 0 Å². The molecule has 1 aliphatic heterocycles. The molecule has 0 saturated carbocycles. The van der Waals surface area contributed by atoms with Crippen molar-refractivity contribution in [1.82, 2.24) is 0 Å². The highest BCUT2D eigenvalue weighted by molar-refractivity contribution is 5.75. The van der Waals surface area contributed by atoms with E-state index in [1.54, 1.807) is 6.07 Å². The van der Waals surface area contributed by atoms with Crippen molar-refractivity contribution in [2.24, 2.45) is 0 Å². The number of phenols is 1. The molecule has 0 bridgehead atoms. The number of ketones is 1. The van der Waals surface area contributed by atoms with E-state index in [4.69, 9.17) is 14.6 Å². The zero-order chi connectivity index (χ0) is 17.9. The van der Waals surface area contributed by atoms with E-state index < -0.39 is 37.3 Å². The summed E-state index contributed by atoms with van der Waals surface area (Å²) in [6.07, 6.45) is -6.22. The fourth-order valence-electron chi connectivity index (χ4n) is 2.43. The van der Waals surface area contributed by atoms with Crippen molar-refractivity contribution in [3.63, 3.8) is 0 Å². The van der Waals surface area contributed by atoms with Crippen LogP contribution in [0.1, 0.15) is 18.9 Å². The fourth-order valence-corrected chi connectivity index (χ4v) is 2.43. The van der Waals surface area contributed by atoms with Gasteiger partial charge in [-0.15, -0.1) is 0 Å². The van der Waals surface area contributed by atoms with Gasteiger partial charge in [-0.3, -0.25) is 0 Å². The molecule has 1 aromatic rings. The molecular weight excluding hydrogens is 320 g/mol. The van der Waals surface area contributed by atoms with Gasteiger partial charge in [0.15, 0.2) is 11.5 Å². The Hall–Kier alpha value is -1.71. The Kier molecular flexibility index (Phi) is 6.14. The van der Waals surface area contributed by atoms with Gasteiger partial charge in [0.05, 0.1) is 6.61 Å². The lowest BCUT2D eigenvalue weighted by molar-refractivity contribution is -0.277. The number of hydrogen-bond acceptors (Lipinski definition) is 8. The van der Waals surface area contributed by atoms with Crippen LogP contribution >= 0.6 is 0 Å². The molecule has 0 aromatic heterocycles. The molecule has 0 aliphatic carbocycles. The summed E-state index contributed by atoms with van der Waals surface area (Å²) in [6, 6.07) is 4.54. The number of hydrogen-bond donors (Lipinski definition) is 5. The third-order valence-corrected chi connectivity index (χ3v) is 3.88. The number of ether oxygens (including phenoxy) is 2. The molecule has 5 atom stereocenters. The minimum atomic E-state index is -1.56. The average molecular weight is 342 g/mol. The average Bonchev–Trinajstić information content (AvgIpc) is 2.55. The zero-order valence-corrected chi connectivity index (χ0v) is 13.2. The van der Waals surface area contributed by atoms with Crippen molar-refractivity contribution >= 4 is 5.78 Å². The molecular formula is C16H22O8. The smallest absolute Gasteiger partial charge is 0.229 e. The van der Waals surface area contributed by atoms with Crippen molar-refractivity contribution < 1.29 is 39.8 Å². The first-order chi connectivity index (χ1) is 11.3. The van der Waals surface area contributed by atoms with Crippen LogP contribution in [0.25, 0.3) is 0 Å². The number of Topliss-reactive ketones (excluding diaryl/α,β-unsaturated/α-hetero) is 1. The van der Waals surface area contributed by atoms with E-state index in [1.165, 1.54) is 19.1 Å². The largest absolute Gasteiger partial charge is 0.504 e. The third-order valence-electron chi connectivity index (χ3n) is 3.88. The van der Waals surface area contributed by atoms with Crippen molar-refractivity contribution in [2.45, 2.75) is 50.5 Å². The predicted octanol–water partition coefficient (Wildman–Crippen LogP) is -0.908. The van der Waals surface area contributed by atoms with Crippen molar-refractivity contribution in [3.05, 3.63) is 23.8 Å². The number of carbonyl (C=O) groups excluding carboxylic acids is 1. The van der Waals surface area contributed by atoms with Crippen LogP contribution in [0.2, 0.25) is 0 Å². The molecule has 1 aliphatic rings. The Balaban J connectivity index is 2.08. The normalized spacial score (nSPS) is 30.1. The van der Waals surface area contributed by atoms with Crippen LogP contribution in [0.3, 0.4) is 0 Å². The second kappa shape index (κ2) is 7.91. The highest BCUT2D eigenvalue weighted by Crippen LogP contribution is 2.31. The van der Waals surface area contributed by atoms with Gasteiger partial charge in [-0.2, -0.15) is 0 Å². The lowest BCUT2D eigenvalue weighted by atomic mass is 9.99. The maximum absolute atomic E-state index is 11.0. The van der Waals surface area contributed by atoms with Crippen LogP contribution in [0.4, 0.5) is 0 Å². The maximum Gasteiger partial charge on any atom is 0.229 e. The Morgan fingerprint density at radius 3 is 2.50 bits per heavy atom. The molecule has 8 heteroatoms. The number of rotatable bonds is 6. The lowest BCUT2D eigenvalue weighted by Gasteiger charge is -2.39. The van der Waals surface area contributed by atoms with E-state index in [0.717, 1.165) is 5.56 Å².